The molecule has 0 saturated heterocycles. The summed E-state index contributed by atoms with van der Waals surface area (Å²) in [7, 11) is -0.538. The molecule has 2 unspecified atom stereocenters. The van der Waals surface area contributed by atoms with Crippen LogP contribution in [0.1, 0.15) is 38.8 Å². The molecular formula is C26H34NO5P. The fraction of sp³-hybridized carbons (Fsp3) is 0.385. The van der Waals surface area contributed by atoms with Crippen molar-refractivity contribution < 1.29 is 27.7 Å². The number of phosphoric ester groups is 1. The maximum absolute atomic E-state index is 12.3. The first-order valence-electron chi connectivity index (χ1n) is 11.1. The average molecular weight is 472 g/mol. The van der Waals surface area contributed by atoms with E-state index in [0.717, 1.165) is 22.1 Å². The first-order valence-corrected chi connectivity index (χ1v) is 12.6. The summed E-state index contributed by atoms with van der Waals surface area (Å²) in [5.41, 5.74) is 0.240. The highest BCUT2D eigenvalue weighted by atomic mass is 31.2. The summed E-state index contributed by atoms with van der Waals surface area (Å²) >= 11 is 0. The van der Waals surface area contributed by atoms with Crippen molar-refractivity contribution in [2.24, 2.45) is 0 Å². The molecule has 0 fully saturated rings. The third kappa shape index (κ3) is 7.39. The molecule has 3 aromatic carbocycles. The van der Waals surface area contributed by atoms with Gasteiger partial charge < -0.3 is 14.2 Å². The Morgan fingerprint density at radius 3 is 2.27 bits per heavy atom. The molecule has 7 heteroatoms. The van der Waals surface area contributed by atoms with E-state index in [4.69, 9.17) is 13.8 Å². The summed E-state index contributed by atoms with van der Waals surface area (Å²) in [5, 5.41) is 2.20. The van der Waals surface area contributed by atoms with Crippen molar-refractivity contribution in [1.29, 1.82) is 0 Å². The van der Waals surface area contributed by atoms with Crippen LogP contribution < -0.4 is 9.63 Å². The van der Waals surface area contributed by atoms with Gasteiger partial charge in [0, 0.05) is 17.4 Å². The summed E-state index contributed by atoms with van der Waals surface area (Å²) in [4.78, 5) is 12.3. The second-order valence-corrected chi connectivity index (χ2v) is 11.1. The molecule has 0 N–H and O–H groups in total. The highest BCUT2D eigenvalue weighted by Gasteiger charge is 2.32. The third-order valence-corrected chi connectivity index (χ3v) is 6.56. The maximum atomic E-state index is 12.3. The van der Waals surface area contributed by atoms with E-state index in [1.807, 2.05) is 74.8 Å². The molecule has 3 aromatic rings. The fourth-order valence-corrected chi connectivity index (χ4v) is 5.03. The Kier molecular flexibility index (Phi) is 7.99. The van der Waals surface area contributed by atoms with Crippen LogP contribution in [0.15, 0.2) is 72.8 Å². The zero-order chi connectivity index (χ0) is 24.1. The number of benzene rings is 3. The number of quaternary nitrogens is 1. The number of ether oxygens (including phenoxy) is 1. The van der Waals surface area contributed by atoms with Gasteiger partial charge >= 0.3 is 0 Å². The highest BCUT2D eigenvalue weighted by Crippen LogP contribution is 2.44. The number of rotatable bonds is 10. The van der Waals surface area contributed by atoms with Crippen LogP contribution in [0.3, 0.4) is 0 Å². The van der Waals surface area contributed by atoms with E-state index in [9.17, 15) is 9.46 Å². The molecule has 0 amide bonds. The summed E-state index contributed by atoms with van der Waals surface area (Å²) in [6, 6.07) is 24.1. The molecule has 2 atom stereocenters. The van der Waals surface area contributed by atoms with E-state index in [-0.39, 0.29) is 12.8 Å². The van der Waals surface area contributed by atoms with E-state index in [0.29, 0.717) is 17.5 Å². The minimum Gasteiger partial charge on any atom is -0.756 e. The molecule has 0 heterocycles. The summed E-state index contributed by atoms with van der Waals surface area (Å²) < 4.78 is 29.2. The molecule has 0 aliphatic heterocycles. The molecule has 0 aliphatic rings. The Bertz CT molecular complexity index is 1090. The van der Waals surface area contributed by atoms with Crippen molar-refractivity contribution in [3.05, 3.63) is 78.4 Å². The monoisotopic (exact) mass is 471 g/mol. The lowest BCUT2D eigenvalue weighted by atomic mass is 10.0. The Morgan fingerprint density at radius 2 is 1.58 bits per heavy atom. The largest absolute Gasteiger partial charge is 0.756 e. The van der Waals surface area contributed by atoms with Gasteiger partial charge in [0.2, 0.25) is 0 Å². The van der Waals surface area contributed by atoms with Gasteiger partial charge in [-0.15, -0.1) is 0 Å². The number of nitrogens with zero attached hydrogens (tertiary/aromatic N) is 1. The molecule has 0 saturated carbocycles. The first kappa shape index (κ1) is 25.4. The van der Waals surface area contributed by atoms with E-state index in [1.54, 1.807) is 20.8 Å². The molecule has 0 aromatic heterocycles. The summed E-state index contributed by atoms with van der Waals surface area (Å²) in [6.07, 6.45) is 0.673. The smallest absolute Gasteiger partial charge is 0.272 e. The number of phosphoric acid groups is 1. The van der Waals surface area contributed by atoms with Gasteiger partial charge in [-0.3, -0.25) is 13.6 Å². The van der Waals surface area contributed by atoms with Gasteiger partial charge in [-0.05, 0) is 32.2 Å². The van der Waals surface area contributed by atoms with Crippen LogP contribution in [0, 0.1) is 0 Å². The zero-order valence-corrected chi connectivity index (χ0v) is 21.0. The van der Waals surface area contributed by atoms with Gasteiger partial charge in [-0.25, -0.2) is 0 Å². The normalized spacial score (nSPS) is 15.2. The topological polar surface area (TPSA) is 67.8 Å². The van der Waals surface area contributed by atoms with Gasteiger partial charge in [0.15, 0.2) is 6.73 Å². The zero-order valence-electron chi connectivity index (χ0n) is 20.1. The number of fused-ring (bicyclic) bond motifs is 1. The van der Waals surface area contributed by atoms with E-state index in [2.05, 4.69) is 12.1 Å². The molecule has 3 rings (SSSR count). The summed E-state index contributed by atoms with van der Waals surface area (Å²) in [6.45, 7) is 5.46. The van der Waals surface area contributed by atoms with Gasteiger partial charge in [-0.2, -0.15) is 0 Å². The van der Waals surface area contributed by atoms with Crippen LogP contribution in [0.5, 0.6) is 5.75 Å². The van der Waals surface area contributed by atoms with Crippen LogP contribution in [0.4, 0.5) is 0 Å². The molecule has 6 nitrogen and oxygen atoms in total. The average Bonchev–Trinajstić information content (AvgIpc) is 2.74. The van der Waals surface area contributed by atoms with Crippen molar-refractivity contribution in [1.82, 2.24) is 0 Å². The molecular weight excluding hydrogens is 437 g/mol. The van der Waals surface area contributed by atoms with Crippen molar-refractivity contribution >= 4 is 18.6 Å². The van der Waals surface area contributed by atoms with Gasteiger partial charge in [0.25, 0.3) is 7.82 Å². The minimum atomic E-state index is -4.44. The predicted molar refractivity (Wildman–Crippen MR) is 130 cm³/mol. The molecule has 0 aliphatic carbocycles. The van der Waals surface area contributed by atoms with Gasteiger partial charge in [-0.1, -0.05) is 66.7 Å². The van der Waals surface area contributed by atoms with Gasteiger partial charge in [0.05, 0.1) is 26.3 Å². The minimum absolute atomic E-state index is 0.0455. The van der Waals surface area contributed by atoms with E-state index < -0.39 is 13.4 Å². The molecule has 178 valence electrons. The fourth-order valence-electron chi connectivity index (χ4n) is 3.87. The van der Waals surface area contributed by atoms with Gasteiger partial charge in [0.1, 0.15) is 11.8 Å². The lowest BCUT2D eigenvalue weighted by Crippen LogP contribution is -2.45. The molecule has 33 heavy (non-hydrogen) atoms. The second-order valence-electron chi connectivity index (χ2n) is 9.73. The van der Waals surface area contributed by atoms with Crippen LogP contribution in [-0.2, 0) is 13.6 Å². The summed E-state index contributed by atoms with van der Waals surface area (Å²) in [5.74, 6) is 0.837. The van der Waals surface area contributed by atoms with Crippen LogP contribution in [0.2, 0.25) is 0 Å². The number of hydrogen-bond donors (Lipinski definition) is 0. The quantitative estimate of drug-likeness (QED) is 0.216. The first-order chi connectivity index (χ1) is 15.5. The lowest BCUT2D eigenvalue weighted by molar-refractivity contribution is -0.936. The SMILES string of the molecule is CC(C)(C)OP(=O)([O-])OC[N+](C)(C)C(CCOc1cccc2ccccc12)c1ccccc1. The van der Waals surface area contributed by atoms with Crippen molar-refractivity contribution in [3.63, 3.8) is 0 Å². The van der Waals surface area contributed by atoms with Crippen molar-refractivity contribution in [2.75, 3.05) is 27.4 Å². The van der Waals surface area contributed by atoms with Crippen LogP contribution in [-0.4, -0.2) is 37.5 Å². The third-order valence-electron chi connectivity index (χ3n) is 5.36. The molecule has 0 bridgehead atoms. The predicted octanol–water partition coefficient (Wildman–Crippen LogP) is 5.68. The standard InChI is InChI=1S/C26H34NO5P/c1-26(2,3)32-33(28,29)31-20-27(4,5)24(22-13-7-6-8-14-22)18-19-30-25-17-11-15-21-12-9-10-16-23(21)25/h6-17,24H,18-20H2,1-5H3. The Balaban J connectivity index is 1.74. The number of hydrogen-bond acceptors (Lipinski definition) is 5. The maximum Gasteiger partial charge on any atom is 0.272 e. The van der Waals surface area contributed by atoms with Crippen molar-refractivity contribution in [3.8, 4) is 5.75 Å². The lowest BCUT2D eigenvalue weighted by Gasteiger charge is -2.40. The Morgan fingerprint density at radius 1 is 0.939 bits per heavy atom. The molecule has 0 spiro atoms. The Hall–Kier alpha value is -2.21. The van der Waals surface area contributed by atoms with Crippen LogP contribution >= 0.6 is 7.82 Å². The van der Waals surface area contributed by atoms with Crippen molar-refractivity contribution in [2.45, 2.75) is 38.8 Å². The molecule has 0 radical (unpaired) electrons. The van der Waals surface area contributed by atoms with Crippen LogP contribution in [0.25, 0.3) is 10.8 Å². The van der Waals surface area contributed by atoms with E-state index >= 15 is 0 Å². The highest BCUT2D eigenvalue weighted by molar-refractivity contribution is 7.45. The second kappa shape index (κ2) is 10.4. The van der Waals surface area contributed by atoms with E-state index in [1.165, 1.54) is 0 Å². The Labute approximate surface area is 196 Å².